The van der Waals surface area contributed by atoms with Crippen molar-refractivity contribution in [2.45, 2.75) is 26.2 Å². The highest BCUT2D eigenvalue weighted by Gasteiger charge is 2.28. The lowest BCUT2D eigenvalue weighted by Crippen LogP contribution is -2.30. The smallest absolute Gasteiger partial charge is 0.306 e. The first-order chi connectivity index (χ1) is 15.9. The fourth-order valence-corrected chi connectivity index (χ4v) is 4.61. The van der Waals surface area contributed by atoms with Crippen LogP contribution in [0.1, 0.15) is 35.2 Å². The molecule has 3 heterocycles. The average Bonchev–Trinajstić information content (AvgIpc) is 3.49. The van der Waals surface area contributed by atoms with E-state index >= 15 is 0 Å². The van der Waals surface area contributed by atoms with Gasteiger partial charge in [0.05, 0.1) is 17.9 Å². The van der Waals surface area contributed by atoms with Crippen molar-refractivity contribution in [2.24, 2.45) is 0 Å². The lowest BCUT2D eigenvalue weighted by Gasteiger charge is -2.18. The van der Waals surface area contributed by atoms with Crippen LogP contribution in [0.2, 0.25) is 0 Å². The molecule has 0 N–H and O–H groups in total. The van der Waals surface area contributed by atoms with Crippen LogP contribution in [0.4, 0.5) is 5.69 Å². The lowest BCUT2D eigenvalue weighted by atomic mass is 10.1. The van der Waals surface area contributed by atoms with E-state index in [0.29, 0.717) is 35.7 Å². The second kappa shape index (κ2) is 9.49. The first-order valence-corrected chi connectivity index (χ1v) is 12.0. The van der Waals surface area contributed by atoms with Crippen LogP contribution in [-0.4, -0.2) is 54.2 Å². The van der Waals surface area contributed by atoms with Crippen LogP contribution < -0.4 is 4.31 Å². The van der Waals surface area contributed by atoms with Crippen molar-refractivity contribution in [1.29, 1.82) is 0 Å². The number of hydrogen-bond acceptors (Lipinski definition) is 9. The Hall–Kier alpha value is -3.60. The van der Waals surface area contributed by atoms with Crippen molar-refractivity contribution in [3.05, 3.63) is 59.6 Å². The van der Waals surface area contributed by atoms with Gasteiger partial charge in [-0.2, -0.15) is 4.98 Å². The summed E-state index contributed by atoms with van der Waals surface area (Å²) in [6.07, 6.45) is 2.29. The number of ketones is 1. The number of Topliss-reactive ketones (excluding diaryl/α,β-unsaturated/α-hetero) is 1. The summed E-state index contributed by atoms with van der Waals surface area (Å²) in [5.41, 5.74) is 2.30. The minimum Gasteiger partial charge on any atom is -0.457 e. The number of carbonyl (C=O) groups excluding carboxylic acids is 2. The zero-order chi connectivity index (χ0) is 23.4. The fraction of sp³-hybridized carbons (Fsp3) is 0.318. The maximum Gasteiger partial charge on any atom is 0.306 e. The molecule has 4 rings (SSSR count). The van der Waals surface area contributed by atoms with E-state index in [9.17, 15) is 18.0 Å². The number of anilines is 1. The van der Waals surface area contributed by atoms with Gasteiger partial charge < -0.3 is 9.26 Å². The van der Waals surface area contributed by atoms with Gasteiger partial charge in [0.2, 0.25) is 21.7 Å². The molecule has 0 bridgehead atoms. The number of nitrogens with zero attached hydrogens (tertiary/aromatic N) is 4. The molecule has 0 amide bonds. The second-order valence-corrected chi connectivity index (χ2v) is 9.56. The third-order valence-electron chi connectivity index (χ3n) is 5.22. The predicted molar refractivity (Wildman–Crippen MR) is 118 cm³/mol. The summed E-state index contributed by atoms with van der Waals surface area (Å²) in [6.45, 7) is 1.55. The van der Waals surface area contributed by atoms with Gasteiger partial charge in [0.15, 0.2) is 12.4 Å². The van der Waals surface area contributed by atoms with Crippen LogP contribution in [-0.2, 0) is 32.4 Å². The molecule has 0 unspecified atom stereocenters. The molecule has 0 atom stereocenters. The predicted octanol–water partition coefficient (Wildman–Crippen LogP) is 2.20. The largest absolute Gasteiger partial charge is 0.457 e. The molecule has 33 heavy (non-hydrogen) atoms. The third kappa shape index (κ3) is 5.08. The molecule has 1 aliphatic rings. The highest BCUT2D eigenvalue weighted by molar-refractivity contribution is 7.92. The van der Waals surface area contributed by atoms with E-state index in [0.717, 1.165) is 5.56 Å². The number of fused-ring (bicyclic) bond motifs is 1. The van der Waals surface area contributed by atoms with Crippen molar-refractivity contribution < 1.29 is 27.3 Å². The molecular weight excluding hydrogens is 448 g/mol. The maximum absolute atomic E-state index is 12.5. The number of rotatable bonds is 9. The molecule has 11 heteroatoms. The maximum atomic E-state index is 12.5. The summed E-state index contributed by atoms with van der Waals surface area (Å²) < 4.78 is 35.9. The Morgan fingerprint density at radius 2 is 2.06 bits per heavy atom. The number of pyridine rings is 1. The number of ether oxygens (including phenoxy) is 1. The Bertz CT molecular complexity index is 1270. The average molecular weight is 471 g/mol. The monoisotopic (exact) mass is 470 g/mol. The molecule has 0 saturated heterocycles. The number of hydrogen-bond donors (Lipinski definition) is 0. The molecule has 2 aromatic heterocycles. The SMILES string of the molecule is CCS(=O)(=O)N1CCc2cc(C(=O)COC(=O)CCc3nc(-c4ccccn4)no3)ccc21. The van der Waals surface area contributed by atoms with Gasteiger partial charge in [0, 0.05) is 24.7 Å². The van der Waals surface area contributed by atoms with Gasteiger partial charge in [-0.05, 0) is 49.2 Å². The lowest BCUT2D eigenvalue weighted by molar-refractivity contribution is -0.142. The summed E-state index contributed by atoms with van der Waals surface area (Å²) in [7, 11) is -3.35. The van der Waals surface area contributed by atoms with Crippen LogP contribution in [0.5, 0.6) is 0 Å². The number of benzene rings is 1. The Morgan fingerprint density at radius 1 is 1.21 bits per heavy atom. The van der Waals surface area contributed by atoms with Gasteiger partial charge in [-0.15, -0.1) is 0 Å². The first kappa shape index (κ1) is 22.6. The number of carbonyl (C=O) groups is 2. The normalized spacial score (nSPS) is 13.1. The van der Waals surface area contributed by atoms with Gasteiger partial charge in [-0.3, -0.25) is 18.9 Å². The molecule has 172 valence electrons. The number of aryl methyl sites for hydroxylation is 1. The van der Waals surface area contributed by atoms with Gasteiger partial charge in [0.1, 0.15) is 5.69 Å². The van der Waals surface area contributed by atoms with Crippen LogP contribution in [0.15, 0.2) is 47.1 Å². The molecule has 1 aromatic carbocycles. The second-order valence-electron chi connectivity index (χ2n) is 7.38. The number of aromatic nitrogens is 3. The van der Waals surface area contributed by atoms with Crippen molar-refractivity contribution in [2.75, 3.05) is 23.2 Å². The van der Waals surface area contributed by atoms with Crippen molar-refractivity contribution in [3.63, 3.8) is 0 Å². The van der Waals surface area contributed by atoms with E-state index in [4.69, 9.17) is 9.26 Å². The molecular formula is C22H22N4O6S. The van der Waals surface area contributed by atoms with Crippen LogP contribution in [0.25, 0.3) is 11.5 Å². The van der Waals surface area contributed by atoms with E-state index in [1.807, 2.05) is 0 Å². The summed E-state index contributed by atoms with van der Waals surface area (Å²) in [6, 6.07) is 10.2. The summed E-state index contributed by atoms with van der Waals surface area (Å²) in [4.78, 5) is 32.8. The zero-order valence-electron chi connectivity index (χ0n) is 17.9. The number of esters is 1. The van der Waals surface area contributed by atoms with E-state index in [-0.39, 0.29) is 30.3 Å². The Morgan fingerprint density at radius 3 is 2.82 bits per heavy atom. The Kier molecular flexibility index (Phi) is 6.50. The van der Waals surface area contributed by atoms with Crippen molar-refractivity contribution in [1.82, 2.24) is 15.1 Å². The van der Waals surface area contributed by atoms with Gasteiger partial charge in [0.25, 0.3) is 0 Å². The van der Waals surface area contributed by atoms with Crippen molar-refractivity contribution >= 4 is 27.5 Å². The molecule has 0 radical (unpaired) electrons. The van der Waals surface area contributed by atoms with Crippen LogP contribution >= 0.6 is 0 Å². The molecule has 1 aliphatic heterocycles. The molecule has 10 nitrogen and oxygen atoms in total. The summed E-state index contributed by atoms with van der Waals surface area (Å²) >= 11 is 0. The highest BCUT2D eigenvalue weighted by Crippen LogP contribution is 2.31. The molecule has 0 saturated carbocycles. The fourth-order valence-electron chi connectivity index (χ4n) is 3.46. The van der Waals surface area contributed by atoms with Gasteiger partial charge in [-0.1, -0.05) is 11.2 Å². The van der Waals surface area contributed by atoms with E-state index in [2.05, 4.69) is 15.1 Å². The topological polar surface area (TPSA) is 133 Å². The molecule has 0 spiro atoms. The Labute approximate surface area is 190 Å². The minimum absolute atomic E-state index is 0.0110. The minimum atomic E-state index is -3.35. The molecule has 0 fully saturated rings. The number of sulfonamides is 1. The summed E-state index contributed by atoms with van der Waals surface area (Å²) in [5.74, 6) is -0.322. The first-order valence-electron chi connectivity index (χ1n) is 10.4. The van der Waals surface area contributed by atoms with E-state index < -0.39 is 22.6 Å². The van der Waals surface area contributed by atoms with Gasteiger partial charge in [-0.25, -0.2) is 8.42 Å². The Balaban J connectivity index is 1.29. The zero-order valence-corrected chi connectivity index (χ0v) is 18.7. The molecule has 3 aromatic rings. The van der Waals surface area contributed by atoms with Crippen LogP contribution in [0, 0.1) is 0 Å². The van der Waals surface area contributed by atoms with Gasteiger partial charge >= 0.3 is 5.97 Å². The van der Waals surface area contributed by atoms with Crippen molar-refractivity contribution in [3.8, 4) is 11.5 Å². The quantitative estimate of drug-likeness (QED) is 0.341. The highest BCUT2D eigenvalue weighted by atomic mass is 32.2. The molecule has 0 aliphatic carbocycles. The van der Waals surface area contributed by atoms with E-state index in [1.54, 1.807) is 49.5 Å². The standard InChI is InChI=1S/C22H22N4O6S/c1-2-33(29,30)26-12-10-15-13-16(6-7-18(15)26)19(27)14-31-21(28)9-8-20-24-22(25-32-20)17-5-3-4-11-23-17/h3-7,11,13H,2,8-10,12,14H2,1H3. The van der Waals surface area contributed by atoms with Crippen LogP contribution in [0.3, 0.4) is 0 Å². The summed E-state index contributed by atoms with van der Waals surface area (Å²) in [5, 5.41) is 3.84. The third-order valence-corrected chi connectivity index (χ3v) is 7.00. The van der Waals surface area contributed by atoms with E-state index in [1.165, 1.54) is 4.31 Å².